The van der Waals surface area contributed by atoms with E-state index in [0.717, 1.165) is 29.5 Å². The van der Waals surface area contributed by atoms with Gasteiger partial charge in [-0.05, 0) is 42.0 Å². The van der Waals surface area contributed by atoms with Crippen LogP contribution < -0.4 is 0 Å². The van der Waals surface area contributed by atoms with Crippen LogP contribution in [0.4, 0.5) is 0 Å². The van der Waals surface area contributed by atoms with Gasteiger partial charge < -0.3 is 5.11 Å². The van der Waals surface area contributed by atoms with Crippen molar-refractivity contribution < 1.29 is 5.11 Å². The first-order valence-corrected chi connectivity index (χ1v) is 7.21. The van der Waals surface area contributed by atoms with Crippen molar-refractivity contribution >= 4 is 11.6 Å². The lowest BCUT2D eigenvalue weighted by Crippen LogP contribution is -1.94. The largest absolute Gasteiger partial charge is 0.507 e. The summed E-state index contributed by atoms with van der Waals surface area (Å²) in [4.78, 5) is 0. The molecule has 1 N–H and O–H groups in total. The van der Waals surface area contributed by atoms with Gasteiger partial charge in [-0.25, -0.2) is 0 Å². The molecule has 1 aliphatic carbocycles. The maximum Gasteiger partial charge on any atom is 0.126 e. The molecule has 2 aromatic rings. The van der Waals surface area contributed by atoms with Gasteiger partial charge in [-0.2, -0.15) is 0 Å². The van der Waals surface area contributed by atoms with Gasteiger partial charge in [0, 0.05) is 10.6 Å². The third-order valence-corrected chi connectivity index (χ3v) is 4.20. The number of benzene rings is 2. The van der Waals surface area contributed by atoms with Crippen molar-refractivity contribution in [3.63, 3.8) is 0 Å². The highest BCUT2D eigenvalue weighted by molar-refractivity contribution is 6.31. The Morgan fingerprint density at radius 3 is 2.37 bits per heavy atom. The van der Waals surface area contributed by atoms with E-state index in [0.29, 0.717) is 16.7 Å². The van der Waals surface area contributed by atoms with E-state index in [9.17, 15) is 5.11 Å². The fraction of sp³-hybridized carbons (Fsp3) is 0.294. The van der Waals surface area contributed by atoms with Crippen LogP contribution in [-0.4, -0.2) is 5.11 Å². The van der Waals surface area contributed by atoms with Crippen LogP contribution in [0.5, 0.6) is 5.75 Å². The minimum absolute atomic E-state index is 0.405. The summed E-state index contributed by atoms with van der Waals surface area (Å²) < 4.78 is 0. The van der Waals surface area contributed by atoms with Crippen LogP contribution in [0.15, 0.2) is 42.5 Å². The topological polar surface area (TPSA) is 20.2 Å². The Balaban J connectivity index is 2.10. The average Bonchev–Trinajstić information content (AvgIpc) is 2.96. The number of rotatable bonds is 2. The lowest BCUT2D eigenvalue weighted by atomic mass is 9.92. The standard InChI is InChI=1S/C17H17ClO/c18-14-10-15(12-6-2-1-3-7-12)17(19)16(11-14)13-8-4-5-9-13/h1-3,6-7,10-11,13,19H,4-5,8-9H2. The molecule has 0 aliphatic heterocycles. The number of phenols is 1. The van der Waals surface area contributed by atoms with Crippen LogP contribution in [0, 0.1) is 0 Å². The summed E-state index contributed by atoms with van der Waals surface area (Å²) in [5.41, 5.74) is 2.88. The first-order chi connectivity index (χ1) is 9.25. The second kappa shape index (κ2) is 5.26. The number of halogens is 1. The quantitative estimate of drug-likeness (QED) is 0.779. The van der Waals surface area contributed by atoms with Gasteiger partial charge in [-0.1, -0.05) is 54.8 Å². The Kier molecular flexibility index (Phi) is 3.48. The molecule has 0 aromatic heterocycles. The Bertz CT molecular complexity index is 571. The van der Waals surface area contributed by atoms with Gasteiger partial charge in [-0.3, -0.25) is 0 Å². The molecule has 0 saturated heterocycles. The highest BCUT2D eigenvalue weighted by atomic mass is 35.5. The van der Waals surface area contributed by atoms with Crippen LogP contribution in [0.1, 0.15) is 37.2 Å². The first kappa shape index (κ1) is 12.6. The zero-order valence-corrected chi connectivity index (χ0v) is 11.5. The Labute approximate surface area is 118 Å². The summed E-state index contributed by atoms with van der Waals surface area (Å²) in [5.74, 6) is 0.865. The summed E-state index contributed by atoms with van der Waals surface area (Å²) >= 11 is 6.24. The maximum atomic E-state index is 10.6. The zero-order chi connectivity index (χ0) is 13.2. The smallest absolute Gasteiger partial charge is 0.126 e. The van der Waals surface area contributed by atoms with Crippen molar-refractivity contribution in [1.29, 1.82) is 0 Å². The Hall–Kier alpha value is -1.47. The van der Waals surface area contributed by atoms with Gasteiger partial charge >= 0.3 is 0 Å². The molecular weight excluding hydrogens is 256 g/mol. The van der Waals surface area contributed by atoms with E-state index in [-0.39, 0.29) is 0 Å². The van der Waals surface area contributed by atoms with Gasteiger partial charge in [-0.15, -0.1) is 0 Å². The predicted molar refractivity (Wildman–Crippen MR) is 79.8 cm³/mol. The van der Waals surface area contributed by atoms with Crippen molar-refractivity contribution in [2.75, 3.05) is 0 Å². The number of phenolic OH excluding ortho intramolecular Hbond substituents is 1. The van der Waals surface area contributed by atoms with Crippen molar-refractivity contribution in [3.05, 3.63) is 53.1 Å². The Morgan fingerprint density at radius 1 is 1.00 bits per heavy atom. The van der Waals surface area contributed by atoms with Gasteiger partial charge in [0.1, 0.15) is 5.75 Å². The van der Waals surface area contributed by atoms with Crippen LogP contribution in [-0.2, 0) is 0 Å². The highest BCUT2D eigenvalue weighted by Gasteiger charge is 2.22. The number of hydrogen-bond donors (Lipinski definition) is 1. The van der Waals surface area contributed by atoms with Crippen LogP contribution >= 0.6 is 11.6 Å². The molecule has 1 nitrogen and oxygen atoms in total. The minimum Gasteiger partial charge on any atom is -0.507 e. The molecule has 0 radical (unpaired) electrons. The lowest BCUT2D eigenvalue weighted by Gasteiger charge is -2.16. The second-order valence-corrected chi connectivity index (χ2v) is 5.68. The summed E-state index contributed by atoms with van der Waals surface area (Å²) in [5, 5.41) is 11.3. The van der Waals surface area contributed by atoms with Gasteiger partial charge in [0.05, 0.1) is 0 Å². The van der Waals surface area contributed by atoms with E-state index < -0.39 is 0 Å². The van der Waals surface area contributed by atoms with E-state index in [1.165, 1.54) is 12.8 Å². The number of hydrogen-bond acceptors (Lipinski definition) is 1. The molecule has 0 spiro atoms. The summed E-state index contributed by atoms with van der Waals surface area (Å²) in [6.45, 7) is 0. The van der Waals surface area contributed by atoms with E-state index in [2.05, 4.69) is 0 Å². The fourth-order valence-corrected chi connectivity index (χ4v) is 3.23. The maximum absolute atomic E-state index is 10.6. The lowest BCUT2D eigenvalue weighted by molar-refractivity contribution is 0.463. The molecule has 98 valence electrons. The molecule has 0 unspecified atom stereocenters. The van der Waals surface area contributed by atoms with Gasteiger partial charge in [0.15, 0.2) is 0 Å². The first-order valence-electron chi connectivity index (χ1n) is 6.83. The SMILES string of the molecule is Oc1c(-c2ccccc2)cc(Cl)cc1C1CCCC1. The molecule has 1 fully saturated rings. The predicted octanol–water partition coefficient (Wildman–Crippen LogP) is 5.37. The van der Waals surface area contributed by atoms with Crippen LogP contribution in [0.25, 0.3) is 11.1 Å². The molecule has 0 bridgehead atoms. The highest BCUT2D eigenvalue weighted by Crippen LogP contribution is 2.43. The van der Waals surface area contributed by atoms with E-state index in [4.69, 9.17) is 11.6 Å². The van der Waals surface area contributed by atoms with Gasteiger partial charge in [0.25, 0.3) is 0 Å². The fourth-order valence-electron chi connectivity index (χ4n) is 3.01. The third kappa shape index (κ3) is 2.48. The molecule has 2 heteroatoms. The Morgan fingerprint density at radius 2 is 1.68 bits per heavy atom. The molecule has 0 atom stereocenters. The van der Waals surface area contributed by atoms with E-state index in [1.54, 1.807) is 0 Å². The average molecular weight is 273 g/mol. The minimum atomic E-state index is 0.405. The van der Waals surface area contributed by atoms with Gasteiger partial charge in [0.2, 0.25) is 0 Å². The molecule has 1 aliphatic rings. The van der Waals surface area contributed by atoms with Crippen molar-refractivity contribution in [1.82, 2.24) is 0 Å². The second-order valence-electron chi connectivity index (χ2n) is 5.24. The summed E-state index contributed by atoms with van der Waals surface area (Å²) in [6, 6.07) is 13.7. The van der Waals surface area contributed by atoms with Crippen molar-refractivity contribution in [2.24, 2.45) is 0 Å². The molecule has 19 heavy (non-hydrogen) atoms. The zero-order valence-electron chi connectivity index (χ0n) is 10.8. The molecular formula is C17H17ClO. The summed E-state index contributed by atoms with van der Waals surface area (Å²) in [6.07, 6.45) is 4.80. The van der Waals surface area contributed by atoms with Crippen LogP contribution in [0.2, 0.25) is 5.02 Å². The van der Waals surface area contributed by atoms with Crippen molar-refractivity contribution in [2.45, 2.75) is 31.6 Å². The monoisotopic (exact) mass is 272 g/mol. The van der Waals surface area contributed by atoms with Crippen molar-refractivity contribution in [3.8, 4) is 16.9 Å². The van der Waals surface area contributed by atoms with E-state index in [1.807, 2.05) is 42.5 Å². The third-order valence-electron chi connectivity index (χ3n) is 3.98. The molecule has 1 saturated carbocycles. The van der Waals surface area contributed by atoms with Crippen LogP contribution in [0.3, 0.4) is 0 Å². The van der Waals surface area contributed by atoms with E-state index >= 15 is 0 Å². The number of aromatic hydroxyl groups is 1. The summed E-state index contributed by atoms with van der Waals surface area (Å²) in [7, 11) is 0. The molecule has 0 heterocycles. The molecule has 0 amide bonds. The normalized spacial score (nSPS) is 15.8. The molecule has 2 aromatic carbocycles. The molecule has 3 rings (SSSR count).